The van der Waals surface area contributed by atoms with Gasteiger partial charge in [-0.1, -0.05) is 39.8 Å². The Morgan fingerprint density at radius 3 is 2.85 bits per heavy atom. The van der Waals surface area contributed by atoms with Crippen molar-refractivity contribution in [1.82, 2.24) is 10.3 Å². The molecule has 0 aromatic carbocycles. The second-order valence-electron chi connectivity index (χ2n) is 6.24. The quantitative estimate of drug-likeness (QED) is 0.572. The highest BCUT2D eigenvalue weighted by Gasteiger charge is 2.07. The normalized spacial score (nSPS) is 14.5. The Labute approximate surface area is 165 Å². The van der Waals surface area contributed by atoms with E-state index >= 15 is 0 Å². The van der Waals surface area contributed by atoms with E-state index in [1.807, 2.05) is 19.9 Å². The molecule has 1 aromatic rings. The van der Waals surface area contributed by atoms with E-state index in [-0.39, 0.29) is 19.4 Å². The number of carbonyl (C=O) groups excluding carboxylic acids is 1. The molecule has 1 aliphatic rings. The Hall–Kier alpha value is -2.14. The number of pyridine rings is 1. The summed E-state index contributed by atoms with van der Waals surface area (Å²) < 4.78 is 0. The second kappa shape index (κ2) is 15.0. The molecule has 1 unspecified atom stereocenters. The molecule has 2 rings (SSSR count). The Morgan fingerprint density at radius 2 is 2.19 bits per heavy atom. The van der Waals surface area contributed by atoms with Crippen molar-refractivity contribution in [3.05, 3.63) is 47.9 Å². The molecular formula is C22H38N4O. The van der Waals surface area contributed by atoms with Crippen molar-refractivity contribution < 1.29 is 4.79 Å². The van der Waals surface area contributed by atoms with Gasteiger partial charge in [0.25, 0.3) is 0 Å². The zero-order valence-corrected chi connectivity index (χ0v) is 16.4. The van der Waals surface area contributed by atoms with Crippen molar-refractivity contribution in [1.29, 1.82) is 0 Å². The molecule has 0 saturated heterocycles. The van der Waals surface area contributed by atoms with E-state index in [0.29, 0.717) is 6.42 Å². The number of anilines is 1. The van der Waals surface area contributed by atoms with Crippen LogP contribution in [0.2, 0.25) is 0 Å². The van der Waals surface area contributed by atoms with E-state index in [9.17, 15) is 4.79 Å². The summed E-state index contributed by atoms with van der Waals surface area (Å²) >= 11 is 0. The monoisotopic (exact) mass is 374 g/mol. The predicted octanol–water partition coefficient (Wildman–Crippen LogP) is 4.78. The first-order valence-corrected chi connectivity index (χ1v) is 9.72. The van der Waals surface area contributed by atoms with Crippen LogP contribution in [0.5, 0.6) is 0 Å². The summed E-state index contributed by atoms with van der Waals surface area (Å²) in [5, 5.41) is 6.22. The summed E-state index contributed by atoms with van der Waals surface area (Å²) in [6.45, 7) is 7.18. The molecule has 0 fully saturated rings. The fraction of sp³-hybridized carbons (Fsp3) is 0.545. The Morgan fingerprint density at radius 1 is 1.41 bits per heavy atom. The van der Waals surface area contributed by atoms with E-state index in [1.165, 1.54) is 17.7 Å². The lowest BCUT2D eigenvalue weighted by molar-refractivity contribution is -0.116. The molecule has 27 heavy (non-hydrogen) atoms. The molecule has 152 valence electrons. The van der Waals surface area contributed by atoms with Gasteiger partial charge in [-0.05, 0) is 50.3 Å². The van der Waals surface area contributed by atoms with E-state index in [2.05, 4.69) is 34.7 Å². The number of nitrogens with zero attached hydrogens (tertiary/aromatic N) is 1. The fourth-order valence-corrected chi connectivity index (χ4v) is 2.73. The van der Waals surface area contributed by atoms with Crippen molar-refractivity contribution in [3.8, 4) is 0 Å². The minimum absolute atomic E-state index is 0. The SMILES string of the molecule is C.CC.CC1=C(/C=C\C(N)CCCCC(=O)Nc2cccnc2)CCCN1. The van der Waals surface area contributed by atoms with Crippen LogP contribution >= 0.6 is 0 Å². The van der Waals surface area contributed by atoms with Crippen LogP contribution < -0.4 is 16.4 Å². The van der Waals surface area contributed by atoms with Gasteiger partial charge in [0.05, 0.1) is 11.9 Å². The third-order valence-corrected chi connectivity index (χ3v) is 4.18. The van der Waals surface area contributed by atoms with Gasteiger partial charge in [-0.3, -0.25) is 9.78 Å². The van der Waals surface area contributed by atoms with Crippen molar-refractivity contribution >= 4 is 11.6 Å². The van der Waals surface area contributed by atoms with E-state index in [4.69, 9.17) is 5.73 Å². The van der Waals surface area contributed by atoms with Crippen molar-refractivity contribution in [3.63, 3.8) is 0 Å². The average Bonchev–Trinajstić information content (AvgIpc) is 2.67. The number of nitrogens with two attached hydrogens (primary N) is 1. The molecule has 5 heteroatoms. The molecule has 4 N–H and O–H groups in total. The topological polar surface area (TPSA) is 80.0 Å². The molecular weight excluding hydrogens is 336 g/mol. The first-order chi connectivity index (χ1) is 12.6. The van der Waals surface area contributed by atoms with E-state index in [0.717, 1.165) is 37.9 Å². The van der Waals surface area contributed by atoms with Crippen LogP contribution in [0.4, 0.5) is 5.69 Å². The van der Waals surface area contributed by atoms with Crippen LogP contribution in [0.25, 0.3) is 0 Å². The highest BCUT2D eigenvalue weighted by molar-refractivity contribution is 5.90. The number of allylic oxidation sites excluding steroid dienone is 3. The zero-order valence-electron chi connectivity index (χ0n) is 16.4. The van der Waals surface area contributed by atoms with Gasteiger partial charge in [-0.25, -0.2) is 0 Å². The first-order valence-electron chi connectivity index (χ1n) is 9.72. The van der Waals surface area contributed by atoms with Crippen molar-refractivity contribution in [2.24, 2.45) is 5.73 Å². The summed E-state index contributed by atoms with van der Waals surface area (Å²) in [6, 6.07) is 3.69. The number of hydrogen-bond donors (Lipinski definition) is 3. The molecule has 0 saturated carbocycles. The molecule has 1 aromatic heterocycles. The van der Waals surface area contributed by atoms with Gasteiger partial charge in [-0.2, -0.15) is 0 Å². The number of rotatable bonds is 8. The van der Waals surface area contributed by atoms with E-state index in [1.54, 1.807) is 18.5 Å². The van der Waals surface area contributed by atoms with Gasteiger partial charge in [0.2, 0.25) is 5.91 Å². The zero-order chi connectivity index (χ0) is 19.2. The highest BCUT2D eigenvalue weighted by atomic mass is 16.1. The molecule has 5 nitrogen and oxygen atoms in total. The molecule has 0 radical (unpaired) electrons. The Balaban J connectivity index is 0.00000218. The number of hydrogen-bond acceptors (Lipinski definition) is 4. The van der Waals surface area contributed by atoms with Crippen LogP contribution in [-0.2, 0) is 4.79 Å². The molecule has 2 heterocycles. The molecule has 1 atom stereocenters. The lowest BCUT2D eigenvalue weighted by Crippen LogP contribution is -2.20. The largest absolute Gasteiger partial charge is 0.388 e. The van der Waals surface area contributed by atoms with Crippen LogP contribution in [0.1, 0.15) is 66.7 Å². The minimum atomic E-state index is 0. The van der Waals surface area contributed by atoms with Crippen LogP contribution in [-0.4, -0.2) is 23.5 Å². The third-order valence-electron chi connectivity index (χ3n) is 4.18. The maximum Gasteiger partial charge on any atom is 0.224 e. The summed E-state index contributed by atoms with van der Waals surface area (Å²) in [6.07, 6.45) is 13.1. The number of amides is 1. The van der Waals surface area contributed by atoms with Crippen LogP contribution in [0, 0.1) is 0 Å². The number of unbranched alkanes of at least 4 members (excludes halogenated alkanes) is 1. The van der Waals surface area contributed by atoms with Crippen molar-refractivity contribution in [2.45, 2.75) is 72.8 Å². The van der Waals surface area contributed by atoms with E-state index < -0.39 is 0 Å². The van der Waals surface area contributed by atoms with Gasteiger partial charge in [0.1, 0.15) is 0 Å². The average molecular weight is 375 g/mol. The maximum absolute atomic E-state index is 11.8. The number of carbonyl (C=O) groups is 1. The predicted molar refractivity (Wildman–Crippen MR) is 116 cm³/mol. The standard InChI is InChI=1S/C19H28N4O.C2H6.CH4/c1-15-16(6-4-13-22-15)10-11-17(20)7-2-3-9-19(24)23-18-8-5-12-21-14-18;1-2;/h5,8,10-12,14,17,22H,2-4,6-7,9,13,20H2,1H3,(H,23,24);1-2H3;1H4/b11-10-;;. The number of nitrogens with one attached hydrogen (secondary N) is 2. The van der Waals surface area contributed by atoms with Gasteiger partial charge in [-0.15, -0.1) is 0 Å². The summed E-state index contributed by atoms with van der Waals surface area (Å²) in [5.41, 5.74) is 9.50. The Bertz CT molecular complexity index is 581. The maximum atomic E-state index is 11.8. The molecule has 0 aliphatic carbocycles. The minimum Gasteiger partial charge on any atom is -0.388 e. The van der Waals surface area contributed by atoms with Crippen LogP contribution in [0.3, 0.4) is 0 Å². The van der Waals surface area contributed by atoms with Gasteiger partial charge >= 0.3 is 0 Å². The summed E-state index contributed by atoms with van der Waals surface area (Å²) in [5.74, 6) is 0.0289. The molecule has 1 amide bonds. The smallest absolute Gasteiger partial charge is 0.224 e. The van der Waals surface area contributed by atoms with Gasteiger partial charge in [0, 0.05) is 30.9 Å². The lowest BCUT2D eigenvalue weighted by Gasteiger charge is -2.17. The van der Waals surface area contributed by atoms with Crippen molar-refractivity contribution in [2.75, 3.05) is 11.9 Å². The first kappa shape index (κ1) is 24.9. The van der Waals surface area contributed by atoms with Crippen LogP contribution in [0.15, 0.2) is 47.9 Å². The molecule has 1 aliphatic heterocycles. The third kappa shape index (κ3) is 10.6. The number of aromatic nitrogens is 1. The molecule has 0 bridgehead atoms. The van der Waals surface area contributed by atoms with Gasteiger partial charge < -0.3 is 16.4 Å². The fourth-order valence-electron chi connectivity index (χ4n) is 2.73. The molecule has 0 spiro atoms. The second-order valence-corrected chi connectivity index (χ2v) is 6.24. The summed E-state index contributed by atoms with van der Waals surface area (Å²) in [4.78, 5) is 15.8. The Kier molecular flexibility index (Phi) is 13.8. The lowest BCUT2D eigenvalue weighted by atomic mass is 10.0. The highest BCUT2D eigenvalue weighted by Crippen LogP contribution is 2.16. The summed E-state index contributed by atoms with van der Waals surface area (Å²) in [7, 11) is 0. The van der Waals surface area contributed by atoms with Gasteiger partial charge in [0.15, 0.2) is 0 Å².